The zero-order valence-corrected chi connectivity index (χ0v) is 12.9. The summed E-state index contributed by atoms with van der Waals surface area (Å²) in [5.41, 5.74) is 3.46. The highest BCUT2D eigenvalue weighted by Crippen LogP contribution is 2.23. The molecule has 2 aromatic heterocycles. The molecule has 0 spiro atoms. The molecular formula is C16H17N3OS. The lowest BCUT2D eigenvalue weighted by atomic mass is 10.2. The zero-order chi connectivity index (χ0) is 14.7. The molecule has 0 atom stereocenters. The molecule has 1 aromatic carbocycles. The Balaban J connectivity index is 1.80. The Morgan fingerprint density at radius 3 is 2.81 bits per heavy atom. The second-order valence-corrected chi connectivity index (χ2v) is 5.60. The fourth-order valence-electron chi connectivity index (χ4n) is 2.28. The Labute approximate surface area is 128 Å². The van der Waals surface area contributed by atoms with E-state index in [1.54, 1.807) is 11.3 Å². The van der Waals surface area contributed by atoms with Gasteiger partial charge in [0, 0.05) is 23.2 Å². The number of anilines is 1. The van der Waals surface area contributed by atoms with Crippen LogP contribution in [0.15, 0.2) is 45.6 Å². The highest BCUT2D eigenvalue weighted by atomic mass is 32.1. The number of nitrogens with zero attached hydrogens (tertiary/aromatic N) is 3. The molecule has 5 heteroatoms. The van der Waals surface area contributed by atoms with Gasteiger partial charge in [-0.05, 0) is 36.9 Å². The Bertz CT molecular complexity index is 706. The second kappa shape index (κ2) is 6.10. The Morgan fingerprint density at radius 2 is 2.10 bits per heavy atom. The molecule has 0 saturated heterocycles. The van der Waals surface area contributed by atoms with Gasteiger partial charge in [-0.15, -0.1) is 0 Å². The second-order valence-electron chi connectivity index (χ2n) is 4.82. The van der Waals surface area contributed by atoms with Crippen molar-refractivity contribution in [2.45, 2.75) is 20.4 Å². The van der Waals surface area contributed by atoms with Crippen LogP contribution in [0.2, 0.25) is 0 Å². The van der Waals surface area contributed by atoms with Gasteiger partial charge < -0.3 is 9.42 Å². The van der Waals surface area contributed by atoms with Crippen LogP contribution in [0.25, 0.3) is 11.4 Å². The van der Waals surface area contributed by atoms with Crippen molar-refractivity contribution < 1.29 is 4.52 Å². The van der Waals surface area contributed by atoms with Crippen LogP contribution >= 0.6 is 11.3 Å². The molecule has 108 valence electrons. The van der Waals surface area contributed by atoms with Gasteiger partial charge in [0.1, 0.15) is 0 Å². The van der Waals surface area contributed by atoms with Crippen LogP contribution in [0.4, 0.5) is 5.69 Å². The van der Waals surface area contributed by atoms with Crippen molar-refractivity contribution in [3.63, 3.8) is 0 Å². The Hall–Kier alpha value is -2.14. The average Bonchev–Trinajstić information content (AvgIpc) is 3.16. The number of aromatic nitrogens is 2. The van der Waals surface area contributed by atoms with Crippen LogP contribution in [-0.2, 0) is 6.54 Å². The van der Waals surface area contributed by atoms with Gasteiger partial charge in [0.05, 0.1) is 6.54 Å². The van der Waals surface area contributed by atoms with E-state index in [9.17, 15) is 0 Å². The molecule has 0 bridgehead atoms. The molecular weight excluding hydrogens is 282 g/mol. The number of hydrogen-bond donors (Lipinski definition) is 0. The minimum atomic E-state index is 0.624. The summed E-state index contributed by atoms with van der Waals surface area (Å²) in [4.78, 5) is 6.72. The van der Waals surface area contributed by atoms with E-state index in [4.69, 9.17) is 4.52 Å². The van der Waals surface area contributed by atoms with Crippen molar-refractivity contribution in [1.29, 1.82) is 0 Å². The molecule has 0 aliphatic rings. The summed E-state index contributed by atoms with van der Waals surface area (Å²) in [7, 11) is 0. The lowest BCUT2D eigenvalue weighted by molar-refractivity contribution is 0.377. The smallest absolute Gasteiger partial charge is 0.246 e. The quantitative estimate of drug-likeness (QED) is 0.710. The van der Waals surface area contributed by atoms with Crippen LogP contribution in [0, 0.1) is 6.92 Å². The van der Waals surface area contributed by atoms with Gasteiger partial charge in [-0.2, -0.15) is 16.3 Å². The maximum atomic E-state index is 5.38. The molecule has 0 unspecified atom stereocenters. The van der Waals surface area contributed by atoms with Gasteiger partial charge in [-0.3, -0.25) is 0 Å². The molecule has 3 aromatic rings. The van der Waals surface area contributed by atoms with E-state index in [-0.39, 0.29) is 0 Å². The van der Waals surface area contributed by atoms with Gasteiger partial charge in [-0.1, -0.05) is 23.4 Å². The molecule has 0 radical (unpaired) electrons. The summed E-state index contributed by atoms with van der Waals surface area (Å²) in [6.07, 6.45) is 0. The number of aryl methyl sites for hydroxylation is 1. The number of thiophene rings is 1. The normalized spacial score (nSPS) is 10.8. The highest BCUT2D eigenvalue weighted by molar-refractivity contribution is 7.08. The molecule has 0 fully saturated rings. The van der Waals surface area contributed by atoms with Crippen LogP contribution in [0.1, 0.15) is 18.4 Å². The lowest BCUT2D eigenvalue weighted by Gasteiger charge is -2.22. The first kappa shape index (κ1) is 13.8. The van der Waals surface area contributed by atoms with Crippen molar-refractivity contribution in [1.82, 2.24) is 10.1 Å². The number of rotatable bonds is 5. The maximum absolute atomic E-state index is 5.38. The monoisotopic (exact) mass is 299 g/mol. The Morgan fingerprint density at radius 1 is 1.24 bits per heavy atom. The largest absolute Gasteiger partial charge is 0.362 e. The molecule has 4 nitrogen and oxygen atoms in total. The van der Waals surface area contributed by atoms with Gasteiger partial charge in [0.25, 0.3) is 0 Å². The fourth-order valence-corrected chi connectivity index (χ4v) is 2.91. The molecule has 0 aliphatic carbocycles. The van der Waals surface area contributed by atoms with E-state index in [0.29, 0.717) is 18.3 Å². The summed E-state index contributed by atoms with van der Waals surface area (Å²) in [6.45, 7) is 5.75. The van der Waals surface area contributed by atoms with E-state index in [0.717, 1.165) is 12.1 Å². The topological polar surface area (TPSA) is 42.2 Å². The van der Waals surface area contributed by atoms with Crippen LogP contribution in [-0.4, -0.2) is 16.7 Å². The average molecular weight is 299 g/mol. The van der Waals surface area contributed by atoms with Crippen molar-refractivity contribution in [2.75, 3.05) is 11.4 Å². The summed E-state index contributed by atoms with van der Waals surface area (Å²) in [5, 5.41) is 8.09. The van der Waals surface area contributed by atoms with Crippen LogP contribution < -0.4 is 4.90 Å². The molecule has 0 aliphatic heterocycles. The lowest BCUT2D eigenvalue weighted by Crippen LogP contribution is -2.22. The molecule has 0 amide bonds. The molecule has 3 rings (SSSR count). The van der Waals surface area contributed by atoms with E-state index < -0.39 is 0 Å². The third kappa shape index (κ3) is 2.97. The fraction of sp³-hybridized carbons (Fsp3) is 0.250. The third-order valence-corrected chi connectivity index (χ3v) is 4.09. The van der Waals surface area contributed by atoms with Crippen molar-refractivity contribution in [2.24, 2.45) is 0 Å². The molecule has 2 heterocycles. The third-order valence-electron chi connectivity index (χ3n) is 3.41. The standard InChI is InChI=1S/C16H17N3OS/c1-3-19(14-7-5-4-6-12(14)2)10-15-17-16(18-20-15)13-8-9-21-11-13/h4-9,11H,3,10H2,1-2H3. The van der Waals surface area contributed by atoms with Gasteiger partial charge in [0.15, 0.2) is 0 Å². The summed E-state index contributed by atoms with van der Waals surface area (Å²) < 4.78 is 5.38. The van der Waals surface area contributed by atoms with Gasteiger partial charge in [-0.25, -0.2) is 0 Å². The zero-order valence-electron chi connectivity index (χ0n) is 12.1. The number of benzene rings is 1. The molecule has 21 heavy (non-hydrogen) atoms. The van der Waals surface area contributed by atoms with E-state index in [1.165, 1.54) is 11.3 Å². The molecule has 0 saturated carbocycles. The first-order valence-corrected chi connectivity index (χ1v) is 7.88. The predicted molar refractivity (Wildman–Crippen MR) is 85.5 cm³/mol. The summed E-state index contributed by atoms with van der Waals surface area (Å²) >= 11 is 1.63. The summed E-state index contributed by atoms with van der Waals surface area (Å²) in [5.74, 6) is 1.30. The van der Waals surface area contributed by atoms with Crippen LogP contribution in [0.3, 0.4) is 0 Å². The predicted octanol–water partition coefficient (Wildman–Crippen LogP) is 4.13. The van der Waals surface area contributed by atoms with E-state index in [2.05, 4.69) is 47.1 Å². The minimum absolute atomic E-state index is 0.624. The van der Waals surface area contributed by atoms with Crippen LogP contribution in [0.5, 0.6) is 0 Å². The van der Waals surface area contributed by atoms with Crippen molar-refractivity contribution in [3.05, 3.63) is 52.5 Å². The van der Waals surface area contributed by atoms with E-state index >= 15 is 0 Å². The number of para-hydroxylation sites is 1. The van der Waals surface area contributed by atoms with Crippen molar-refractivity contribution >= 4 is 17.0 Å². The van der Waals surface area contributed by atoms with Gasteiger partial charge >= 0.3 is 0 Å². The number of hydrogen-bond acceptors (Lipinski definition) is 5. The first-order valence-electron chi connectivity index (χ1n) is 6.93. The SMILES string of the molecule is CCN(Cc1nc(-c2ccsc2)no1)c1ccccc1C. The Kier molecular flexibility index (Phi) is 4.01. The highest BCUT2D eigenvalue weighted by Gasteiger charge is 2.14. The summed E-state index contributed by atoms with van der Waals surface area (Å²) in [6, 6.07) is 10.3. The maximum Gasteiger partial charge on any atom is 0.246 e. The minimum Gasteiger partial charge on any atom is -0.362 e. The van der Waals surface area contributed by atoms with Crippen molar-refractivity contribution in [3.8, 4) is 11.4 Å². The first-order chi connectivity index (χ1) is 10.3. The molecule has 0 N–H and O–H groups in total. The van der Waals surface area contributed by atoms with Gasteiger partial charge in [0.2, 0.25) is 11.7 Å². The van der Waals surface area contributed by atoms with E-state index in [1.807, 2.05) is 22.9 Å².